The zero-order chi connectivity index (χ0) is 22.4. The summed E-state index contributed by atoms with van der Waals surface area (Å²) in [4.78, 5) is 32.4. The SMILES string of the molecule is CCNC(=NCC1C(C)OC(C)(C)N1C(=O)OC(C)(C)C)NCCC(=O)N(C)C. The van der Waals surface area contributed by atoms with Crippen LogP contribution in [-0.4, -0.2) is 85.0 Å². The standard InChI is InChI=1S/C20H39N5O4/c1-10-21-17(22-12-11-16(26)24(8)9)23-13-15-14(2)28-20(6,7)25(15)18(27)29-19(3,4)5/h14-15H,10-13H2,1-9H3,(H2,21,22,23). The van der Waals surface area contributed by atoms with Gasteiger partial charge in [-0.15, -0.1) is 0 Å². The van der Waals surface area contributed by atoms with Gasteiger partial charge in [0.05, 0.1) is 18.7 Å². The molecule has 0 radical (unpaired) electrons. The molecule has 0 aromatic carbocycles. The van der Waals surface area contributed by atoms with Crippen LogP contribution in [-0.2, 0) is 14.3 Å². The number of rotatable bonds is 6. The summed E-state index contributed by atoms with van der Waals surface area (Å²) >= 11 is 0. The Morgan fingerprint density at radius 2 is 1.86 bits per heavy atom. The molecule has 0 aromatic heterocycles. The fraction of sp³-hybridized carbons (Fsp3) is 0.850. The molecule has 9 nitrogen and oxygen atoms in total. The summed E-state index contributed by atoms with van der Waals surface area (Å²) in [5.74, 6) is 0.643. The van der Waals surface area contributed by atoms with Crippen molar-refractivity contribution in [1.29, 1.82) is 0 Å². The molecule has 0 spiro atoms. The number of nitrogens with zero attached hydrogens (tertiary/aromatic N) is 3. The monoisotopic (exact) mass is 413 g/mol. The van der Waals surface area contributed by atoms with Gasteiger partial charge in [-0.1, -0.05) is 0 Å². The van der Waals surface area contributed by atoms with E-state index in [1.807, 2.05) is 48.5 Å². The van der Waals surface area contributed by atoms with E-state index in [-0.39, 0.29) is 18.1 Å². The second-order valence-corrected chi connectivity index (χ2v) is 8.87. The lowest BCUT2D eigenvalue weighted by atomic mass is 10.1. The Morgan fingerprint density at radius 1 is 1.24 bits per heavy atom. The molecule has 0 aliphatic carbocycles. The van der Waals surface area contributed by atoms with Crippen molar-refractivity contribution in [2.75, 3.05) is 33.7 Å². The lowest BCUT2D eigenvalue weighted by Gasteiger charge is -2.34. The number of ether oxygens (including phenoxy) is 2. The summed E-state index contributed by atoms with van der Waals surface area (Å²) in [5, 5.41) is 6.33. The number of hydrogen-bond acceptors (Lipinski definition) is 5. The van der Waals surface area contributed by atoms with Gasteiger partial charge in [-0.25, -0.2) is 4.79 Å². The number of aliphatic imine (C=N–C) groups is 1. The van der Waals surface area contributed by atoms with Crippen LogP contribution in [0.25, 0.3) is 0 Å². The lowest BCUT2D eigenvalue weighted by molar-refractivity contribution is -0.128. The molecule has 2 N–H and O–H groups in total. The maximum absolute atomic E-state index is 12.8. The highest BCUT2D eigenvalue weighted by Gasteiger charge is 2.49. The normalized spacial score (nSPS) is 21.7. The van der Waals surface area contributed by atoms with Crippen molar-refractivity contribution < 1.29 is 19.1 Å². The zero-order valence-electron chi connectivity index (χ0n) is 19.5. The fourth-order valence-electron chi connectivity index (χ4n) is 3.13. The van der Waals surface area contributed by atoms with Crippen molar-refractivity contribution >= 4 is 18.0 Å². The maximum atomic E-state index is 12.8. The van der Waals surface area contributed by atoms with Gasteiger partial charge in [-0.05, 0) is 48.5 Å². The van der Waals surface area contributed by atoms with E-state index in [1.54, 1.807) is 23.9 Å². The Labute approximate surface area is 175 Å². The molecule has 29 heavy (non-hydrogen) atoms. The fourth-order valence-corrected chi connectivity index (χ4v) is 3.13. The second kappa shape index (κ2) is 10.1. The Balaban J connectivity index is 2.87. The largest absolute Gasteiger partial charge is 0.444 e. The molecule has 2 atom stereocenters. The molecule has 1 saturated heterocycles. The average Bonchev–Trinajstić information content (AvgIpc) is 2.78. The first-order valence-corrected chi connectivity index (χ1v) is 10.2. The third kappa shape index (κ3) is 7.72. The first-order valence-electron chi connectivity index (χ1n) is 10.2. The van der Waals surface area contributed by atoms with Crippen LogP contribution in [0, 0.1) is 0 Å². The number of carbonyl (C=O) groups excluding carboxylic acids is 2. The van der Waals surface area contributed by atoms with E-state index < -0.39 is 17.4 Å². The Hall–Kier alpha value is -2.03. The number of nitrogens with one attached hydrogen (secondary N) is 2. The van der Waals surface area contributed by atoms with Crippen molar-refractivity contribution in [3.63, 3.8) is 0 Å². The molecule has 0 aromatic rings. The van der Waals surface area contributed by atoms with Crippen LogP contribution in [0.3, 0.4) is 0 Å². The van der Waals surface area contributed by atoms with Gasteiger partial charge in [0.25, 0.3) is 0 Å². The first kappa shape index (κ1) is 25.0. The first-order chi connectivity index (χ1) is 13.3. The molecular formula is C20H39N5O4. The molecule has 2 amide bonds. The van der Waals surface area contributed by atoms with E-state index in [9.17, 15) is 9.59 Å². The van der Waals surface area contributed by atoms with Gasteiger partial charge in [-0.3, -0.25) is 14.7 Å². The van der Waals surface area contributed by atoms with Crippen LogP contribution >= 0.6 is 0 Å². The second-order valence-electron chi connectivity index (χ2n) is 8.87. The van der Waals surface area contributed by atoms with E-state index in [0.29, 0.717) is 32.0 Å². The summed E-state index contributed by atoms with van der Waals surface area (Å²) in [5.41, 5.74) is -1.38. The minimum atomic E-state index is -0.786. The molecule has 168 valence electrons. The predicted octanol–water partition coefficient (Wildman–Crippen LogP) is 1.78. The summed E-state index contributed by atoms with van der Waals surface area (Å²) in [6.45, 7) is 14.6. The number of amides is 2. The van der Waals surface area contributed by atoms with E-state index >= 15 is 0 Å². The highest BCUT2D eigenvalue weighted by Crippen LogP contribution is 2.33. The van der Waals surface area contributed by atoms with Gasteiger partial charge < -0.3 is 25.0 Å². The number of guanidine groups is 1. The van der Waals surface area contributed by atoms with Gasteiger partial charge in [0.1, 0.15) is 11.3 Å². The third-order valence-corrected chi connectivity index (χ3v) is 4.43. The van der Waals surface area contributed by atoms with Crippen LogP contribution in [0.5, 0.6) is 0 Å². The van der Waals surface area contributed by atoms with Crippen LogP contribution in [0.4, 0.5) is 4.79 Å². The van der Waals surface area contributed by atoms with Gasteiger partial charge in [0, 0.05) is 33.6 Å². The van der Waals surface area contributed by atoms with Crippen LogP contribution in [0.2, 0.25) is 0 Å². The topological polar surface area (TPSA) is 95.5 Å². The van der Waals surface area contributed by atoms with Gasteiger partial charge in [-0.2, -0.15) is 0 Å². The molecule has 1 rings (SSSR count). The summed E-state index contributed by atoms with van der Waals surface area (Å²) in [6, 6.07) is -0.265. The van der Waals surface area contributed by atoms with Gasteiger partial charge in [0.2, 0.25) is 5.91 Å². The van der Waals surface area contributed by atoms with E-state index in [4.69, 9.17) is 9.47 Å². The maximum Gasteiger partial charge on any atom is 0.412 e. The van der Waals surface area contributed by atoms with Crippen molar-refractivity contribution in [1.82, 2.24) is 20.4 Å². The van der Waals surface area contributed by atoms with Crippen LogP contribution in [0.15, 0.2) is 4.99 Å². The minimum Gasteiger partial charge on any atom is -0.444 e. The number of carbonyl (C=O) groups is 2. The molecule has 0 saturated carbocycles. The van der Waals surface area contributed by atoms with Gasteiger partial charge in [0.15, 0.2) is 5.96 Å². The van der Waals surface area contributed by atoms with Gasteiger partial charge >= 0.3 is 6.09 Å². The molecule has 9 heteroatoms. The van der Waals surface area contributed by atoms with E-state index in [1.165, 1.54) is 0 Å². The Morgan fingerprint density at radius 3 is 2.38 bits per heavy atom. The van der Waals surface area contributed by atoms with E-state index in [0.717, 1.165) is 0 Å². The molecule has 1 heterocycles. The molecule has 0 bridgehead atoms. The molecule has 1 aliphatic heterocycles. The molecule has 1 fully saturated rings. The summed E-state index contributed by atoms with van der Waals surface area (Å²) < 4.78 is 11.6. The average molecular weight is 414 g/mol. The van der Waals surface area contributed by atoms with Crippen molar-refractivity contribution in [2.45, 2.75) is 78.4 Å². The van der Waals surface area contributed by atoms with E-state index in [2.05, 4.69) is 15.6 Å². The molecule has 2 unspecified atom stereocenters. The highest BCUT2D eigenvalue weighted by atomic mass is 16.6. The van der Waals surface area contributed by atoms with Crippen LogP contribution < -0.4 is 10.6 Å². The lowest BCUT2D eigenvalue weighted by Crippen LogP contribution is -2.51. The van der Waals surface area contributed by atoms with Crippen molar-refractivity contribution in [2.24, 2.45) is 4.99 Å². The smallest absolute Gasteiger partial charge is 0.412 e. The Kier molecular flexibility index (Phi) is 8.74. The quantitative estimate of drug-likeness (QED) is 0.509. The van der Waals surface area contributed by atoms with Crippen LogP contribution in [0.1, 0.15) is 54.9 Å². The Bertz CT molecular complexity index is 598. The summed E-state index contributed by atoms with van der Waals surface area (Å²) in [6.07, 6.45) is -0.238. The number of hydrogen-bond donors (Lipinski definition) is 2. The van der Waals surface area contributed by atoms with Crippen molar-refractivity contribution in [3.05, 3.63) is 0 Å². The van der Waals surface area contributed by atoms with Crippen molar-refractivity contribution in [3.8, 4) is 0 Å². The molecular weight excluding hydrogens is 374 g/mol. The predicted molar refractivity (Wildman–Crippen MR) is 114 cm³/mol. The highest BCUT2D eigenvalue weighted by molar-refractivity contribution is 5.81. The zero-order valence-corrected chi connectivity index (χ0v) is 19.5. The molecule has 1 aliphatic rings. The minimum absolute atomic E-state index is 0.0454. The summed E-state index contributed by atoms with van der Waals surface area (Å²) in [7, 11) is 3.46. The third-order valence-electron chi connectivity index (χ3n) is 4.43.